The predicted octanol–water partition coefficient (Wildman–Crippen LogP) is 5.32. The first kappa shape index (κ1) is 25.5. The van der Waals surface area contributed by atoms with Crippen LogP contribution < -0.4 is 20.4 Å². The molecular weight excluding hydrogens is 478 g/mol. The van der Waals surface area contributed by atoms with Crippen LogP contribution in [0.4, 0.5) is 11.4 Å². The summed E-state index contributed by atoms with van der Waals surface area (Å²) in [5.41, 5.74) is 3.35. The van der Waals surface area contributed by atoms with Gasteiger partial charge in [-0.1, -0.05) is 48.5 Å². The highest BCUT2D eigenvalue weighted by Gasteiger charge is 2.20. The summed E-state index contributed by atoms with van der Waals surface area (Å²) in [6.07, 6.45) is 1.15. The van der Waals surface area contributed by atoms with Crippen molar-refractivity contribution in [2.75, 3.05) is 50.1 Å². The van der Waals surface area contributed by atoms with E-state index in [2.05, 4.69) is 21.2 Å². The van der Waals surface area contributed by atoms with Crippen LogP contribution >= 0.6 is 0 Å². The molecule has 38 heavy (non-hydrogen) atoms. The van der Waals surface area contributed by atoms with Gasteiger partial charge in [-0.2, -0.15) is 0 Å². The molecule has 7 heteroatoms. The zero-order valence-electron chi connectivity index (χ0n) is 21.9. The Kier molecular flexibility index (Phi) is 7.75. The number of ether oxygens (including phenoxy) is 1. The van der Waals surface area contributed by atoms with Gasteiger partial charge in [-0.3, -0.25) is 14.5 Å². The van der Waals surface area contributed by atoms with Crippen molar-refractivity contribution in [2.24, 2.45) is 0 Å². The van der Waals surface area contributed by atoms with Gasteiger partial charge in [0.1, 0.15) is 11.5 Å². The molecule has 1 aliphatic rings. The highest BCUT2D eigenvalue weighted by Crippen LogP contribution is 2.30. The van der Waals surface area contributed by atoms with Gasteiger partial charge < -0.3 is 19.4 Å². The lowest BCUT2D eigenvalue weighted by molar-refractivity contribution is -0.116. The first-order valence-corrected chi connectivity index (χ1v) is 13.1. The number of amides is 1. The van der Waals surface area contributed by atoms with E-state index in [1.54, 1.807) is 32.2 Å². The molecule has 2 heterocycles. The van der Waals surface area contributed by atoms with Crippen molar-refractivity contribution in [3.63, 3.8) is 0 Å². The van der Waals surface area contributed by atoms with Crippen LogP contribution in [0.5, 0.6) is 5.75 Å². The summed E-state index contributed by atoms with van der Waals surface area (Å²) < 4.78 is 11.7. The topological polar surface area (TPSA) is 75.0 Å². The van der Waals surface area contributed by atoms with Crippen molar-refractivity contribution in [2.45, 2.75) is 19.8 Å². The van der Waals surface area contributed by atoms with Crippen molar-refractivity contribution in [3.05, 3.63) is 88.6 Å². The van der Waals surface area contributed by atoms with Gasteiger partial charge in [-0.25, -0.2) is 0 Å². The average molecular weight is 512 g/mol. The van der Waals surface area contributed by atoms with Gasteiger partial charge in [-0.15, -0.1) is 0 Å². The van der Waals surface area contributed by atoms with Crippen LogP contribution in [0, 0.1) is 6.92 Å². The predicted molar refractivity (Wildman–Crippen MR) is 152 cm³/mol. The van der Waals surface area contributed by atoms with E-state index in [0.29, 0.717) is 34.4 Å². The first-order valence-electron chi connectivity index (χ1n) is 13.1. The van der Waals surface area contributed by atoms with Crippen molar-refractivity contribution < 1.29 is 13.9 Å². The fourth-order valence-corrected chi connectivity index (χ4v) is 5.05. The van der Waals surface area contributed by atoms with E-state index in [0.717, 1.165) is 56.1 Å². The molecule has 0 atom stereocenters. The summed E-state index contributed by atoms with van der Waals surface area (Å²) in [6, 6.07) is 23.0. The minimum atomic E-state index is -0.0894. The lowest BCUT2D eigenvalue weighted by atomic mass is 10.1. The third-order valence-electron chi connectivity index (χ3n) is 7.13. The lowest BCUT2D eigenvalue weighted by Crippen LogP contribution is -2.46. The number of rotatable bonds is 8. The molecule has 3 aromatic carbocycles. The fraction of sp³-hybridized carbons (Fsp3) is 0.290. The minimum absolute atomic E-state index is 0.0883. The lowest BCUT2D eigenvalue weighted by Gasteiger charge is -2.36. The standard InChI is InChI=1S/C31H33N3O4/c1-22-29(36)24-12-8-13-25(31(24)38-30(22)23-10-4-3-5-11-23)32-28(35)16-9-17-33-18-20-34(21-19-33)26-14-6-7-15-27(26)37-2/h3-8,10-15H,9,16-21H2,1-2H3,(H,32,35). The number of carbonyl (C=O) groups is 1. The summed E-state index contributed by atoms with van der Waals surface area (Å²) in [4.78, 5) is 30.7. The highest BCUT2D eigenvalue weighted by atomic mass is 16.5. The van der Waals surface area contributed by atoms with E-state index in [4.69, 9.17) is 9.15 Å². The quantitative estimate of drug-likeness (QED) is 0.345. The molecule has 1 N–H and O–H groups in total. The van der Waals surface area contributed by atoms with Gasteiger partial charge in [0.25, 0.3) is 0 Å². The Morgan fingerprint density at radius 3 is 2.45 bits per heavy atom. The third kappa shape index (κ3) is 5.43. The van der Waals surface area contributed by atoms with E-state index >= 15 is 0 Å². The number of hydrogen-bond donors (Lipinski definition) is 1. The van der Waals surface area contributed by atoms with Crippen molar-refractivity contribution in [1.82, 2.24) is 4.90 Å². The second-order valence-corrected chi connectivity index (χ2v) is 9.59. The van der Waals surface area contributed by atoms with Crippen LogP contribution in [-0.2, 0) is 4.79 Å². The second kappa shape index (κ2) is 11.5. The molecule has 196 valence electrons. The van der Waals surface area contributed by atoms with Crippen LogP contribution in [0.1, 0.15) is 18.4 Å². The van der Waals surface area contributed by atoms with Gasteiger partial charge in [-0.05, 0) is 44.2 Å². The molecule has 0 aliphatic carbocycles. The van der Waals surface area contributed by atoms with Gasteiger partial charge >= 0.3 is 0 Å². The van der Waals surface area contributed by atoms with Crippen molar-refractivity contribution >= 4 is 28.3 Å². The zero-order valence-corrected chi connectivity index (χ0v) is 21.9. The molecule has 0 bridgehead atoms. The molecule has 5 rings (SSSR count). The Morgan fingerprint density at radius 2 is 1.68 bits per heavy atom. The molecule has 0 spiro atoms. The molecular formula is C31H33N3O4. The normalized spacial score (nSPS) is 14.0. The molecule has 0 unspecified atom stereocenters. The number of carbonyl (C=O) groups excluding carboxylic acids is 1. The molecule has 0 saturated carbocycles. The molecule has 1 fully saturated rings. The van der Waals surface area contributed by atoms with Crippen LogP contribution in [0.3, 0.4) is 0 Å². The second-order valence-electron chi connectivity index (χ2n) is 9.59. The molecule has 4 aromatic rings. The molecule has 1 saturated heterocycles. The highest BCUT2D eigenvalue weighted by molar-refractivity contribution is 6.00. The van der Waals surface area contributed by atoms with Gasteiger partial charge in [0.05, 0.1) is 23.9 Å². The number of hydrogen-bond acceptors (Lipinski definition) is 6. The fourth-order valence-electron chi connectivity index (χ4n) is 5.05. The average Bonchev–Trinajstić information content (AvgIpc) is 2.96. The summed E-state index contributed by atoms with van der Waals surface area (Å²) in [5.74, 6) is 1.33. The summed E-state index contributed by atoms with van der Waals surface area (Å²) in [7, 11) is 1.70. The van der Waals surface area contributed by atoms with E-state index in [-0.39, 0.29) is 11.3 Å². The maximum atomic E-state index is 13.1. The van der Waals surface area contributed by atoms with Gasteiger partial charge in [0.15, 0.2) is 11.0 Å². The Bertz CT molecular complexity index is 1470. The van der Waals surface area contributed by atoms with E-state index < -0.39 is 0 Å². The van der Waals surface area contributed by atoms with Crippen molar-refractivity contribution in [1.29, 1.82) is 0 Å². The maximum absolute atomic E-state index is 13.1. The molecule has 1 aliphatic heterocycles. The number of benzene rings is 3. The third-order valence-corrected chi connectivity index (χ3v) is 7.13. The molecule has 1 amide bonds. The minimum Gasteiger partial charge on any atom is -0.495 e. The number of para-hydroxylation sites is 3. The van der Waals surface area contributed by atoms with Crippen LogP contribution in [0.25, 0.3) is 22.3 Å². The molecule has 1 aromatic heterocycles. The summed E-state index contributed by atoms with van der Waals surface area (Å²) in [6.45, 7) is 6.35. The van der Waals surface area contributed by atoms with E-state index in [1.165, 1.54) is 0 Å². The number of nitrogens with zero attached hydrogens (tertiary/aromatic N) is 2. The zero-order chi connectivity index (χ0) is 26.5. The number of anilines is 2. The Labute approximate surface area is 222 Å². The van der Waals surface area contributed by atoms with Crippen LogP contribution in [0.2, 0.25) is 0 Å². The maximum Gasteiger partial charge on any atom is 0.224 e. The van der Waals surface area contributed by atoms with Gasteiger partial charge in [0.2, 0.25) is 5.91 Å². The van der Waals surface area contributed by atoms with Gasteiger partial charge in [0, 0.05) is 43.7 Å². The van der Waals surface area contributed by atoms with Crippen LogP contribution in [-0.4, -0.2) is 50.6 Å². The summed E-state index contributed by atoms with van der Waals surface area (Å²) in [5, 5.41) is 3.44. The monoisotopic (exact) mass is 511 g/mol. The largest absolute Gasteiger partial charge is 0.495 e. The molecule has 0 radical (unpaired) electrons. The number of piperazine rings is 1. The summed E-state index contributed by atoms with van der Waals surface area (Å²) >= 11 is 0. The number of fused-ring (bicyclic) bond motifs is 1. The first-order chi connectivity index (χ1) is 18.5. The van der Waals surface area contributed by atoms with Crippen LogP contribution in [0.15, 0.2) is 82.0 Å². The Balaban J connectivity index is 1.19. The van der Waals surface area contributed by atoms with E-state index in [9.17, 15) is 9.59 Å². The smallest absolute Gasteiger partial charge is 0.224 e. The Morgan fingerprint density at radius 1 is 0.947 bits per heavy atom. The number of methoxy groups -OCH3 is 1. The van der Waals surface area contributed by atoms with Crippen molar-refractivity contribution in [3.8, 4) is 17.1 Å². The SMILES string of the molecule is COc1ccccc1N1CCN(CCCC(=O)Nc2cccc3c(=O)c(C)c(-c4ccccc4)oc23)CC1. The van der Waals surface area contributed by atoms with E-state index in [1.807, 2.05) is 48.5 Å². The molecule has 7 nitrogen and oxygen atoms in total. The Hall–Kier alpha value is -4.10. The number of nitrogens with one attached hydrogen (secondary N) is 1.